The van der Waals surface area contributed by atoms with Gasteiger partial charge < -0.3 is 15.4 Å². The molecule has 0 aliphatic heterocycles. The number of halogens is 1. The van der Waals surface area contributed by atoms with E-state index in [2.05, 4.69) is 10.6 Å². The van der Waals surface area contributed by atoms with E-state index in [1.165, 1.54) is 18.2 Å². The molecule has 0 saturated carbocycles. The molecule has 0 aromatic heterocycles. The van der Waals surface area contributed by atoms with E-state index in [0.717, 1.165) is 11.3 Å². The zero-order valence-electron chi connectivity index (χ0n) is 15.9. The maximum absolute atomic E-state index is 13.7. The molecule has 0 spiro atoms. The Hall–Kier alpha value is -3.67. The van der Waals surface area contributed by atoms with Crippen LogP contribution in [0.5, 0.6) is 5.75 Å². The summed E-state index contributed by atoms with van der Waals surface area (Å²) in [6.45, 7) is 0.455. The number of methoxy groups -OCH3 is 1. The van der Waals surface area contributed by atoms with Crippen molar-refractivity contribution in [3.05, 3.63) is 95.3 Å². The second kappa shape index (κ2) is 9.50. The molecule has 0 fully saturated rings. The lowest BCUT2D eigenvalue weighted by Gasteiger charge is -2.09. The Morgan fingerprint density at radius 2 is 1.59 bits per heavy atom. The van der Waals surface area contributed by atoms with Gasteiger partial charge in [0.2, 0.25) is 0 Å². The molecule has 0 bridgehead atoms. The minimum Gasteiger partial charge on any atom is -0.497 e. The second-order valence-corrected chi connectivity index (χ2v) is 6.37. The third kappa shape index (κ3) is 5.42. The first-order valence-corrected chi connectivity index (χ1v) is 9.14. The number of hydrogen-bond donors (Lipinski definition) is 2. The van der Waals surface area contributed by atoms with Crippen molar-refractivity contribution in [2.24, 2.45) is 0 Å². The molecule has 148 valence electrons. The van der Waals surface area contributed by atoms with Crippen molar-refractivity contribution in [1.82, 2.24) is 5.32 Å². The fourth-order valence-electron chi connectivity index (χ4n) is 2.77. The highest BCUT2D eigenvalue weighted by atomic mass is 19.1. The molecule has 0 heterocycles. The van der Waals surface area contributed by atoms with Gasteiger partial charge in [0.15, 0.2) is 0 Å². The molecule has 0 aliphatic rings. The van der Waals surface area contributed by atoms with E-state index in [1.807, 2.05) is 24.3 Å². The fourth-order valence-corrected chi connectivity index (χ4v) is 2.77. The Bertz CT molecular complexity index is 1000. The van der Waals surface area contributed by atoms with Crippen LogP contribution in [-0.2, 0) is 6.42 Å². The van der Waals surface area contributed by atoms with Gasteiger partial charge in [-0.15, -0.1) is 0 Å². The first-order valence-electron chi connectivity index (χ1n) is 9.14. The molecule has 0 atom stereocenters. The molecule has 3 aromatic rings. The number of nitrogens with one attached hydrogen (secondary N) is 2. The van der Waals surface area contributed by atoms with Gasteiger partial charge in [0, 0.05) is 17.7 Å². The van der Waals surface area contributed by atoms with Gasteiger partial charge in [-0.25, -0.2) is 4.39 Å². The molecule has 2 amide bonds. The Morgan fingerprint density at radius 1 is 0.897 bits per heavy atom. The summed E-state index contributed by atoms with van der Waals surface area (Å²) in [5, 5.41) is 5.35. The third-order valence-electron chi connectivity index (χ3n) is 4.37. The van der Waals surface area contributed by atoms with E-state index >= 15 is 0 Å². The largest absolute Gasteiger partial charge is 0.497 e. The Balaban J connectivity index is 1.58. The number of anilines is 1. The molecule has 2 N–H and O–H groups in total. The van der Waals surface area contributed by atoms with Crippen LogP contribution < -0.4 is 15.4 Å². The van der Waals surface area contributed by atoms with E-state index in [9.17, 15) is 14.0 Å². The number of ether oxygens (including phenoxy) is 1. The molecular weight excluding hydrogens is 371 g/mol. The molecule has 0 saturated heterocycles. The van der Waals surface area contributed by atoms with Crippen LogP contribution in [0.4, 0.5) is 10.1 Å². The van der Waals surface area contributed by atoms with Crippen LogP contribution in [0, 0.1) is 5.82 Å². The Labute approximate surface area is 168 Å². The average molecular weight is 392 g/mol. The maximum atomic E-state index is 13.7. The van der Waals surface area contributed by atoms with Gasteiger partial charge >= 0.3 is 0 Å². The molecule has 0 radical (unpaired) electrons. The van der Waals surface area contributed by atoms with Gasteiger partial charge in [-0.2, -0.15) is 0 Å². The van der Waals surface area contributed by atoms with Crippen LogP contribution in [0.1, 0.15) is 26.3 Å². The fraction of sp³-hybridized carbons (Fsp3) is 0.130. The molecule has 0 aliphatic carbocycles. The summed E-state index contributed by atoms with van der Waals surface area (Å²) in [6.07, 6.45) is 0.670. The topological polar surface area (TPSA) is 67.4 Å². The van der Waals surface area contributed by atoms with Crippen molar-refractivity contribution in [2.45, 2.75) is 6.42 Å². The number of para-hydroxylation sites is 1. The molecule has 3 aromatic carbocycles. The zero-order valence-corrected chi connectivity index (χ0v) is 15.9. The van der Waals surface area contributed by atoms with Gasteiger partial charge in [-0.1, -0.05) is 30.3 Å². The van der Waals surface area contributed by atoms with Crippen LogP contribution in [-0.4, -0.2) is 25.5 Å². The van der Waals surface area contributed by atoms with Crippen LogP contribution in [0.2, 0.25) is 0 Å². The number of carbonyl (C=O) groups excluding carboxylic acids is 2. The quantitative estimate of drug-likeness (QED) is 0.637. The molecule has 6 heteroatoms. The Morgan fingerprint density at radius 3 is 2.28 bits per heavy atom. The van der Waals surface area contributed by atoms with Crippen LogP contribution >= 0.6 is 0 Å². The lowest BCUT2D eigenvalue weighted by molar-refractivity contribution is 0.0954. The van der Waals surface area contributed by atoms with Gasteiger partial charge in [0.1, 0.15) is 11.6 Å². The van der Waals surface area contributed by atoms with Crippen LogP contribution in [0.3, 0.4) is 0 Å². The number of hydrogen-bond acceptors (Lipinski definition) is 3. The standard InChI is InChI=1S/C23H21FN2O3/c1-29-19-11-9-16(10-12-19)13-14-25-22(27)17-5-4-6-18(15-17)23(28)26-21-8-3-2-7-20(21)24/h2-12,15H,13-14H2,1H3,(H,25,27)(H,26,28). The van der Waals surface area contributed by atoms with Crippen molar-refractivity contribution in [3.63, 3.8) is 0 Å². The number of carbonyl (C=O) groups is 2. The molecule has 3 rings (SSSR count). The minimum absolute atomic E-state index is 0.0897. The third-order valence-corrected chi connectivity index (χ3v) is 4.37. The van der Waals surface area contributed by atoms with Crippen molar-refractivity contribution in [3.8, 4) is 5.75 Å². The lowest BCUT2D eigenvalue weighted by Crippen LogP contribution is -2.26. The number of rotatable bonds is 7. The summed E-state index contributed by atoms with van der Waals surface area (Å²) in [5.74, 6) is -0.501. The molecule has 5 nitrogen and oxygen atoms in total. The van der Waals surface area contributed by atoms with Crippen molar-refractivity contribution >= 4 is 17.5 Å². The first kappa shape index (κ1) is 20.1. The van der Waals surface area contributed by atoms with Gasteiger partial charge in [-0.05, 0) is 54.4 Å². The zero-order chi connectivity index (χ0) is 20.6. The molecular formula is C23H21FN2O3. The molecule has 29 heavy (non-hydrogen) atoms. The highest BCUT2D eigenvalue weighted by Crippen LogP contribution is 2.15. The molecule has 0 unspecified atom stereocenters. The van der Waals surface area contributed by atoms with Gasteiger partial charge in [0.05, 0.1) is 12.8 Å². The van der Waals surface area contributed by atoms with Crippen molar-refractivity contribution < 1.29 is 18.7 Å². The average Bonchev–Trinajstić information content (AvgIpc) is 2.76. The van der Waals surface area contributed by atoms with Crippen molar-refractivity contribution in [1.29, 1.82) is 0 Å². The number of amides is 2. The lowest BCUT2D eigenvalue weighted by atomic mass is 10.1. The predicted octanol–water partition coefficient (Wildman–Crippen LogP) is 4.06. The van der Waals surface area contributed by atoms with Crippen LogP contribution in [0.15, 0.2) is 72.8 Å². The van der Waals surface area contributed by atoms with E-state index in [4.69, 9.17) is 4.74 Å². The summed E-state index contributed by atoms with van der Waals surface area (Å²) in [6, 6.07) is 19.8. The highest BCUT2D eigenvalue weighted by Gasteiger charge is 2.12. The SMILES string of the molecule is COc1ccc(CCNC(=O)c2cccc(C(=O)Nc3ccccc3F)c2)cc1. The number of benzene rings is 3. The first-order chi connectivity index (χ1) is 14.1. The minimum atomic E-state index is -0.520. The maximum Gasteiger partial charge on any atom is 0.255 e. The summed E-state index contributed by atoms with van der Waals surface area (Å²) in [5.41, 5.74) is 1.80. The van der Waals surface area contributed by atoms with Gasteiger partial charge in [0.25, 0.3) is 11.8 Å². The van der Waals surface area contributed by atoms with E-state index in [-0.39, 0.29) is 17.2 Å². The normalized spacial score (nSPS) is 10.3. The summed E-state index contributed by atoms with van der Waals surface area (Å²) < 4.78 is 18.8. The Kier molecular flexibility index (Phi) is 6.58. The van der Waals surface area contributed by atoms with E-state index < -0.39 is 11.7 Å². The highest BCUT2D eigenvalue weighted by molar-refractivity contribution is 6.06. The van der Waals surface area contributed by atoms with Crippen LogP contribution in [0.25, 0.3) is 0 Å². The van der Waals surface area contributed by atoms with Crippen molar-refractivity contribution in [2.75, 3.05) is 19.0 Å². The smallest absolute Gasteiger partial charge is 0.255 e. The summed E-state index contributed by atoms with van der Waals surface area (Å²) >= 11 is 0. The monoisotopic (exact) mass is 392 g/mol. The van der Waals surface area contributed by atoms with E-state index in [1.54, 1.807) is 37.4 Å². The summed E-state index contributed by atoms with van der Waals surface area (Å²) in [4.78, 5) is 24.8. The van der Waals surface area contributed by atoms with E-state index in [0.29, 0.717) is 18.5 Å². The van der Waals surface area contributed by atoms with Gasteiger partial charge in [-0.3, -0.25) is 9.59 Å². The second-order valence-electron chi connectivity index (χ2n) is 6.37. The predicted molar refractivity (Wildman–Crippen MR) is 110 cm³/mol. The summed E-state index contributed by atoms with van der Waals surface area (Å²) in [7, 11) is 1.61.